The Morgan fingerprint density at radius 3 is 2.55 bits per heavy atom. The van der Waals surface area contributed by atoms with Gasteiger partial charge in [-0.15, -0.1) is 0 Å². The van der Waals surface area contributed by atoms with Crippen molar-refractivity contribution in [3.8, 4) is 0 Å². The number of carbonyl (C=O) groups excluding carboxylic acids is 2. The number of nitrogens with zero attached hydrogens (tertiary/aromatic N) is 1. The molecule has 0 spiro atoms. The Bertz CT molecular complexity index is 582. The summed E-state index contributed by atoms with van der Waals surface area (Å²) in [6.07, 6.45) is 3.45. The number of nitrogens with two attached hydrogens (primary N) is 1. The zero-order valence-electron chi connectivity index (χ0n) is 12.4. The molecule has 1 fully saturated rings. The highest BCUT2D eigenvalue weighted by atomic mass is 16.7. The highest BCUT2D eigenvalue weighted by molar-refractivity contribution is 6.21. The van der Waals surface area contributed by atoms with Crippen molar-refractivity contribution in [3.63, 3.8) is 0 Å². The molecular formula is C16H20N2O4. The molecule has 118 valence electrons. The zero-order chi connectivity index (χ0) is 15.5. The monoisotopic (exact) mass is 304 g/mol. The van der Waals surface area contributed by atoms with Gasteiger partial charge in [-0.05, 0) is 37.5 Å². The van der Waals surface area contributed by atoms with Crippen molar-refractivity contribution in [1.29, 1.82) is 0 Å². The van der Waals surface area contributed by atoms with Crippen LogP contribution in [-0.2, 0) is 9.47 Å². The van der Waals surface area contributed by atoms with Gasteiger partial charge in [0.05, 0.1) is 24.3 Å². The number of unbranched alkanes of at least 4 members (excludes halogenated alkanes) is 2. The van der Waals surface area contributed by atoms with Crippen LogP contribution in [0, 0.1) is 0 Å². The maximum absolute atomic E-state index is 12.2. The Morgan fingerprint density at radius 1 is 1.05 bits per heavy atom. The predicted molar refractivity (Wildman–Crippen MR) is 80.4 cm³/mol. The van der Waals surface area contributed by atoms with Gasteiger partial charge in [0.1, 0.15) is 0 Å². The smallest absolute Gasteiger partial charge is 0.261 e. The van der Waals surface area contributed by atoms with Gasteiger partial charge in [-0.1, -0.05) is 6.42 Å². The molecule has 3 rings (SSSR count). The Morgan fingerprint density at radius 2 is 1.77 bits per heavy atom. The highest BCUT2D eigenvalue weighted by Crippen LogP contribution is 2.25. The average Bonchev–Trinajstić information content (AvgIpc) is 3.09. The first-order valence-electron chi connectivity index (χ1n) is 7.66. The minimum absolute atomic E-state index is 0.0812. The fourth-order valence-corrected chi connectivity index (χ4v) is 2.84. The van der Waals surface area contributed by atoms with Crippen LogP contribution in [0.5, 0.6) is 0 Å². The van der Waals surface area contributed by atoms with E-state index in [9.17, 15) is 9.59 Å². The third kappa shape index (κ3) is 2.98. The molecule has 2 heterocycles. The second-order valence-corrected chi connectivity index (χ2v) is 5.59. The van der Waals surface area contributed by atoms with Crippen LogP contribution in [0.3, 0.4) is 0 Å². The fraction of sp³-hybridized carbons (Fsp3) is 0.500. The second kappa shape index (κ2) is 6.46. The van der Waals surface area contributed by atoms with Gasteiger partial charge < -0.3 is 15.2 Å². The van der Waals surface area contributed by atoms with Crippen molar-refractivity contribution in [2.75, 3.05) is 25.5 Å². The van der Waals surface area contributed by atoms with Gasteiger partial charge in [0.25, 0.3) is 11.8 Å². The van der Waals surface area contributed by atoms with Crippen LogP contribution in [0.1, 0.15) is 46.4 Å². The lowest BCUT2D eigenvalue weighted by molar-refractivity contribution is -0.0480. The number of benzene rings is 1. The molecule has 22 heavy (non-hydrogen) atoms. The van der Waals surface area contributed by atoms with Crippen LogP contribution in [0.4, 0.5) is 5.69 Å². The van der Waals surface area contributed by atoms with E-state index in [0.717, 1.165) is 25.7 Å². The Labute approximate surface area is 129 Å². The number of carbonyl (C=O) groups is 2. The first-order chi connectivity index (χ1) is 10.7. The van der Waals surface area contributed by atoms with E-state index in [1.807, 2.05) is 0 Å². The molecule has 1 aromatic rings. The normalized spacial score (nSPS) is 18.3. The molecule has 0 unspecified atom stereocenters. The molecule has 0 bridgehead atoms. The Balaban J connectivity index is 1.47. The summed E-state index contributed by atoms with van der Waals surface area (Å²) >= 11 is 0. The van der Waals surface area contributed by atoms with E-state index in [1.54, 1.807) is 18.2 Å². The summed E-state index contributed by atoms with van der Waals surface area (Å²) < 4.78 is 10.7. The van der Waals surface area contributed by atoms with Crippen LogP contribution >= 0.6 is 0 Å². The number of nitrogen functional groups attached to an aromatic ring is 1. The lowest BCUT2D eigenvalue weighted by atomic mass is 10.1. The van der Waals surface area contributed by atoms with Crippen LogP contribution in [0.2, 0.25) is 0 Å². The number of imide groups is 1. The number of anilines is 1. The maximum atomic E-state index is 12.2. The van der Waals surface area contributed by atoms with Crippen molar-refractivity contribution in [1.82, 2.24) is 4.90 Å². The quantitative estimate of drug-likeness (QED) is 0.492. The molecule has 0 aliphatic carbocycles. The molecule has 6 heteroatoms. The molecule has 2 N–H and O–H groups in total. The van der Waals surface area contributed by atoms with Gasteiger partial charge in [-0.25, -0.2) is 0 Å². The Kier molecular flexibility index (Phi) is 4.40. The molecule has 1 saturated heterocycles. The second-order valence-electron chi connectivity index (χ2n) is 5.59. The molecular weight excluding hydrogens is 284 g/mol. The van der Waals surface area contributed by atoms with E-state index in [-0.39, 0.29) is 18.1 Å². The summed E-state index contributed by atoms with van der Waals surface area (Å²) in [5.41, 5.74) is 7.04. The lowest BCUT2D eigenvalue weighted by Crippen LogP contribution is -2.30. The van der Waals surface area contributed by atoms with E-state index in [2.05, 4.69) is 0 Å². The minimum Gasteiger partial charge on any atom is -0.399 e. The highest BCUT2D eigenvalue weighted by Gasteiger charge is 2.34. The standard InChI is InChI=1S/C16H20N2O4/c17-11-5-6-12-13(10-11)16(20)18(15(12)19)7-3-1-2-4-14-21-8-9-22-14/h5-6,10,14H,1-4,7-9,17H2. The molecule has 0 radical (unpaired) electrons. The third-order valence-electron chi connectivity index (χ3n) is 4.01. The summed E-state index contributed by atoms with van der Waals surface area (Å²) in [6, 6.07) is 4.85. The van der Waals surface area contributed by atoms with Gasteiger partial charge in [-0.2, -0.15) is 0 Å². The molecule has 6 nitrogen and oxygen atoms in total. The van der Waals surface area contributed by atoms with Crippen LogP contribution in [-0.4, -0.2) is 42.8 Å². The van der Waals surface area contributed by atoms with E-state index < -0.39 is 0 Å². The number of hydrogen-bond donors (Lipinski definition) is 1. The molecule has 2 aliphatic rings. The minimum atomic E-state index is -0.241. The average molecular weight is 304 g/mol. The van der Waals surface area contributed by atoms with E-state index in [1.165, 1.54) is 4.90 Å². The Hall–Kier alpha value is -1.92. The van der Waals surface area contributed by atoms with Crippen molar-refractivity contribution >= 4 is 17.5 Å². The fourth-order valence-electron chi connectivity index (χ4n) is 2.84. The first-order valence-corrected chi connectivity index (χ1v) is 7.66. The number of amides is 2. The van der Waals surface area contributed by atoms with Crippen molar-refractivity contribution in [2.45, 2.75) is 32.0 Å². The largest absolute Gasteiger partial charge is 0.399 e. The number of rotatable bonds is 6. The SMILES string of the molecule is Nc1ccc2c(c1)C(=O)N(CCCCCC1OCCO1)C2=O. The molecule has 0 saturated carbocycles. The zero-order valence-corrected chi connectivity index (χ0v) is 12.4. The van der Waals surface area contributed by atoms with E-state index >= 15 is 0 Å². The van der Waals surface area contributed by atoms with Gasteiger partial charge in [0, 0.05) is 12.2 Å². The van der Waals surface area contributed by atoms with Gasteiger partial charge >= 0.3 is 0 Å². The summed E-state index contributed by atoms with van der Waals surface area (Å²) in [7, 11) is 0. The molecule has 1 aromatic carbocycles. The molecule has 0 atom stereocenters. The molecule has 0 aromatic heterocycles. The van der Waals surface area contributed by atoms with E-state index in [0.29, 0.717) is 36.6 Å². The van der Waals surface area contributed by atoms with Gasteiger partial charge in [0.15, 0.2) is 6.29 Å². The summed E-state index contributed by atoms with van der Waals surface area (Å²) in [5, 5.41) is 0. The van der Waals surface area contributed by atoms with Crippen molar-refractivity contribution < 1.29 is 19.1 Å². The summed E-state index contributed by atoms with van der Waals surface area (Å²) in [4.78, 5) is 25.8. The van der Waals surface area contributed by atoms with Gasteiger partial charge in [0.2, 0.25) is 0 Å². The topological polar surface area (TPSA) is 81.9 Å². The van der Waals surface area contributed by atoms with E-state index in [4.69, 9.17) is 15.2 Å². The van der Waals surface area contributed by atoms with Gasteiger partial charge in [-0.3, -0.25) is 14.5 Å². The third-order valence-corrected chi connectivity index (χ3v) is 4.01. The van der Waals surface area contributed by atoms with Crippen LogP contribution < -0.4 is 5.73 Å². The predicted octanol–water partition coefficient (Wildman–Crippen LogP) is 1.80. The first kappa shape index (κ1) is 15.0. The lowest BCUT2D eigenvalue weighted by Gasteiger charge is -2.14. The maximum Gasteiger partial charge on any atom is 0.261 e. The number of fused-ring (bicyclic) bond motifs is 1. The van der Waals surface area contributed by atoms with Crippen molar-refractivity contribution in [2.24, 2.45) is 0 Å². The molecule has 2 aliphatic heterocycles. The summed E-state index contributed by atoms with van der Waals surface area (Å²) in [5.74, 6) is -0.461. The van der Waals surface area contributed by atoms with Crippen LogP contribution in [0.15, 0.2) is 18.2 Å². The number of hydrogen-bond acceptors (Lipinski definition) is 5. The van der Waals surface area contributed by atoms with Crippen molar-refractivity contribution in [3.05, 3.63) is 29.3 Å². The number of ether oxygens (including phenoxy) is 2. The molecule has 2 amide bonds. The van der Waals surface area contributed by atoms with Crippen LogP contribution in [0.25, 0.3) is 0 Å². The summed E-state index contributed by atoms with van der Waals surface area (Å²) in [6.45, 7) is 1.78.